The fourth-order valence-electron chi connectivity index (χ4n) is 3.47. The summed E-state index contributed by atoms with van der Waals surface area (Å²) < 4.78 is 34.8. The van der Waals surface area contributed by atoms with E-state index >= 15 is 0 Å². The maximum absolute atomic E-state index is 14.8. The minimum atomic E-state index is -0.800. The Kier molecular flexibility index (Phi) is 6.66. The average molecular weight is 437 g/mol. The highest BCUT2D eigenvalue weighted by atomic mass is 32.1. The van der Waals surface area contributed by atoms with Crippen LogP contribution in [-0.4, -0.2) is 67.3 Å². The third-order valence-electron chi connectivity index (χ3n) is 4.94. The van der Waals surface area contributed by atoms with E-state index in [0.717, 1.165) is 12.1 Å². The van der Waals surface area contributed by atoms with Crippen LogP contribution in [-0.2, 0) is 9.53 Å². The van der Waals surface area contributed by atoms with E-state index in [1.165, 1.54) is 14.7 Å². The molecule has 2 saturated heterocycles. The molecule has 1 unspecified atom stereocenters. The van der Waals surface area contributed by atoms with Gasteiger partial charge in [-0.3, -0.25) is 9.69 Å². The SMILES string of the molecule is CC(=S)NCC1CN(c2cc(F)c(N3CCN(C(=O)CC#N)CC3)c(F)c2)C(=O)O1. The number of nitrogens with one attached hydrogen (secondary N) is 1. The first kappa shape index (κ1) is 21.7. The number of carbonyl (C=O) groups is 2. The maximum atomic E-state index is 14.8. The van der Waals surface area contributed by atoms with Gasteiger partial charge in [-0.25, -0.2) is 13.6 Å². The molecule has 3 rings (SSSR count). The van der Waals surface area contributed by atoms with Crippen LogP contribution >= 0.6 is 12.2 Å². The number of halogens is 2. The van der Waals surface area contributed by atoms with Gasteiger partial charge in [-0.05, 0) is 6.92 Å². The van der Waals surface area contributed by atoms with E-state index in [4.69, 9.17) is 22.2 Å². The molecule has 2 heterocycles. The zero-order valence-electron chi connectivity index (χ0n) is 16.4. The number of rotatable bonds is 5. The minimum absolute atomic E-state index is 0.0724. The summed E-state index contributed by atoms with van der Waals surface area (Å²) in [5.74, 6) is -1.90. The molecule has 8 nitrogen and oxygen atoms in total. The number of hydrogen-bond donors (Lipinski definition) is 1. The summed E-state index contributed by atoms with van der Waals surface area (Å²) in [6, 6.07) is 4.01. The fourth-order valence-corrected chi connectivity index (χ4v) is 3.55. The summed E-state index contributed by atoms with van der Waals surface area (Å²) in [7, 11) is 0. The van der Waals surface area contributed by atoms with Gasteiger partial charge < -0.3 is 19.9 Å². The Morgan fingerprint density at radius 1 is 1.30 bits per heavy atom. The van der Waals surface area contributed by atoms with E-state index in [0.29, 0.717) is 11.5 Å². The highest BCUT2D eigenvalue weighted by Crippen LogP contribution is 2.31. The largest absolute Gasteiger partial charge is 0.442 e. The van der Waals surface area contributed by atoms with Crippen molar-refractivity contribution in [1.82, 2.24) is 10.2 Å². The Labute approximate surface area is 178 Å². The monoisotopic (exact) mass is 437 g/mol. The van der Waals surface area contributed by atoms with Crippen molar-refractivity contribution in [3.8, 4) is 6.07 Å². The van der Waals surface area contributed by atoms with E-state index in [-0.39, 0.29) is 56.4 Å². The normalized spacial score (nSPS) is 18.8. The summed E-state index contributed by atoms with van der Waals surface area (Å²) >= 11 is 4.92. The molecule has 0 spiro atoms. The molecule has 0 aromatic heterocycles. The molecule has 2 aliphatic heterocycles. The lowest BCUT2D eigenvalue weighted by atomic mass is 10.2. The van der Waals surface area contributed by atoms with E-state index in [2.05, 4.69) is 5.32 Å². The smallest absolute Gasteiger partial charge is 0.414 e. The van der Waals surface area contributed by atoms with Crippen molar-refractivity contribution < 1.29 is 23.1 Å². The number of carbonyl (C=O) groups excluding carboxylic acids is 2. The Hall–Kier alpha value is -3.00. The molecule has 0 aliphatic carbocycles. The lowest BCUT2D eigenvalue weighted by molar-refractivity contribution is -0.130. The second-order valence-corrected chi connectivity index (χ2v) is 7.63. The highest BCUT2D eigenvalue weighted by molar-refractivity contribution is 7.80. The zero-order chi connectivity index (χ0) is 21.8. The van der Waals surface area contributed by atoms with Crippen LogP contribution in [0.5, 0.6) is 0 Å². The molecule has 2 amide bonds. The fraction of sp³-hybridized carbons (Fsp3) is 0.474. The number of nitrogens with zero attached hydrogens (tertiary/aromatic N) is 4. The molecular formula is C19H21F2N5O3S. The predicted octanol–water partition coefficient (Wildman–Crippen LogP) is 1.79. The van der Waals surface area contributed by atoms with Gasteiger partial charge in [0.05, 0.1) is 29.8 Å². The van der Waals surface area contributed by atoms with Gasteiger partial charge in [0, 0.05) is 38.3 Å². The van der Waals surface area contributed by atoms with Crippen LogP contribution in [0.4, 0.5) is 25.0 Å². The molecule has 160 valence electrons. The van der Waals surface area contributed by atoms with Crippen molar-refractivity contribution in [1.29, 1.82) is 5.26 Å². The van der Waals surface area contributed by atoms with Gasteiger partial charge >= 0.3 is 6.09 Å². The Bertz CT molecular complexity index is 876. The van der Waals surface area contributed by atoms with Gasteiger partial charge in [0.2, 0.25) is 5.91 Å². The Balaban J connectivity index is 1.69. The van der Waals surface area contributed by atoms with Crippen molar-refractivity contribution in [2.24, 2.45) is 0 Å². The van der Waals surface area contributed by atoms with Crippen molar-refractivity contribution in [3.63, 3.8) is 0 Å². The van der Waals surface area contributed by atoms with E-state index in [1.54, 1.807) is 13.0 Å². The van der Waals surface area contributed by atoms with Gasteiger partial charge in [-0.1, -0.05) is 12.2 Å². The first-order valence-electron chi connectivity index (χ1n) is 9.41. The van der Waals surface area contributed by atoms with Crippen LogP contribution in [0.1, 0.15) is 13.3 Å². The van der Waals surface area contributed by atoms with Crippen LogP contribution in [0.3, 0.4) is 0 Å². The number of cyclic esters (lactones) is 1. The number of amides is 2. The Morgan fingerprint density at radius 2 is 1.93 bits per heavy atom. The number of hydrogen-bond acceptors (Lipinski definition) is 6. The minimum Gasteiger partial charge on any atom is -0.442 e. The highest BCUT2D eigenvalue weighted by Gasteiger charge is 2.34. The molecule has 1 aromatic carbocycles. The predicted molar refractivity (Wildman–Crippen MR) is 109 cm³/mol. The molecule has 1 N–H and O–H groups in total. The first-order chi connectivity index (χ1) is 14.3. The molecule has 1 atom stereocenters. The second kappa shape index (κ2) is 9.21. The van der Waals surface area contributed by atoms with Gasteiger partial charge in [-0.15, -0.1) is 0 Å². The van der Waals surface area contributed by atoms with E-state index in [9.17, 15) is 18.4 Å². The van der Waals surface area contributed by atoms with Gasteiger partial charge in [0.25, 0.3) is 0 Å². The molecular weight excluding hydrogens is 416 g/mol. The van der Waals surface area contributed by atoms with Crippen LogP contribution < -0.4 is 15.1 Å². The molecule has 0 saturated carbocycles. The molecule has 2 aliphatic rings. The van der Waals surface area contributed by atoms with Crippen molar-refractivity contribution in [2.45, 2.75) is 19.4 Å². The average Bonchev–Trinajstić information content (AvgIpc) is 3.07. The summed E-state index contributed by atoms with van der Waals surface area (Å²) in [5.41, 5.74) is -0.128. The maximum Gasteiger partial charge on any atom is 0.414 e. The van der Waals surface area contributed by atoms with E-state index in [1.807, 2.05) is 0 Å². The third-order valence-corrected chi connectivity index (χ3v) is 5.09. The molecule has 0 radical (unpaired) electrons. The standard InChI is InChI=1S/C19H21F2N5O3S/c1-12(30)23-10-14-11-26(19(28)29-14)13-8-15(20)18(16(21)9-13)25-6-4-24(5-7-25)17(27)2-3-22/h8-9,14H,2,4-7,10-11H2,1H3,(H,23,30). The number of benzene rings is 1. The van der Waals surface area contributed by atoms with Crippen LogP contribution in [0.25, 0.3) is 0 Å². The number of anilines is 2. The zero-order valence-corrected chi connectivity index (χ0v) is 17.2. The summed E-state index contributed by atoms with van der Waals surface area (Å²) in [6.45, 7) is 3.18. The molecule has 11 heteroatoms. The number of nitriles is 1. The van der Waals surface area contributed by atoms with Crippen LogP contribution in [0.2, 0.25) is 0 Å². The first-order valence-corrected chi connectivity index (χ1v) is 9.82. The number of ether oxygens (including phenoxy) is 1. The molecule has 2 fully saturated rings. The third kappa shape index (κ3) is 4.76. The van der Waals surface area contributed by atoms with Crippen LogP contribution in [0.15, 0.2) is 12.1 Å². The quantitative estimate of drug-likeness (QED) is 0.703. The van der Waals surface area contributed by atoms with Gasteiger partial charge in [-0.2, -0.15) is 5.26 Å². The van der Waals surface area contributed by atoms with Crippen molar-refractivity contribution in [3.05, 3.63) is 23.8 Å². The van der Waals surface area contributed by atoms with E-state index < -0.39 is 23.8 Å². The summed E-state index contributed by atoms with van der Waals surface area (Å²) in [5, 5.41) is 11.5. The molecule has 1 aromatic rings. The Morgan fingerprint density at radius 3 is 2.50 bits per heavy atom. The number of thiocarbonyl (C=S) groups is 1. The lowest BCUT2D eigenvalue weighted by Crippen LogP contribution is -2.49. The summed E-state index contributed by atoms with van der Waals surface area (Å²) in [6.07, 6.45) is -1.38. The van der Waals surface area contributed by atoms with Gasteiger partial charge in [0.1, 0.15) is 18.2 Å². The van der Waals surface area contributed by atoms with Crippen molar-refractivity contribution in [2.75, 3.05) is 49.1 Å². The van der Waals surface area contributed by atoms with Crippen molar-refractivity contribution >= 4 is 40.6 Å². The lowest BCUT2D eigenvalue weighted by Gasteiger charge is -2.36. The van der Waals surface area contributed by atoms with Gasteiger partial charge in [0.15, 0.2) is 11.6 Å². The summed E-state index contributed by atoms with van der Waals surface area (Å²) in [4.78, 5) is 28.7. The molecule has 0 bridgehead atoms. The topological polar surface area (TPSA) is 88.9 Å². The number of piperazine rings is 1. The van der Waals surface area contributed by atoms with Crippen LogP contribution in [0, 0.1) is 23.0 Å². The second-order valence-electron chi connectivity index (χ2n) is 7.01. The molecule has 30 heavy (non-hydrogen) atoms.